The van der Waals surface area contributed by atoms with Crippen molar-refractivity contribution >= 4 is 11.7 Å². The fourth-order valence-corrected chi connectivity index (χ4v) is 1.57. The Bertz CT molecular complexity index is 548. The molecule has 0 aliphatic carbocycles. The van der Waals surface area contributed by atoms with Crippen molar-refractivity contribution in [2.24, 2.45) is 12.9 Å². The van der Waals surface area contributed by atoms with Crippen LogP contribution >= 0.6 is 0 Å². The number of aryl methyl sites for hydroxylation is 1. The van der Waals surface area contributed by atoms with E-state index in [1.165, 1.54) is 0 Å². The monoisotopic (exact) mass is 261 g/mol. The number of hydrazine groups is 1. The van der Waals surface area contributed by atoms with E-state index < -0.39 is 0 Å². The Morgan fingerprint density at radius 1 is 1.37 bits per heavy atom. The molecule has 0 radical (unpaired) electrons. The van der Waals surface area contributed by atoms with Gasteiger partial charge in [0.2, 0.25) is 0 Å². The van der Waals surface area contributed by atoms with Gasteiger partial charge in [-0.3, -0.25) is 9.48 Å². The molecule has 0 saturated carbocycles. The number of hydrogen-bond donors (Lipinski definition) is 3. The standard InChI is InChI=1S/C11H15N7O/c1-18-8(5-7-14-18)4-6-13-11(19)9-2-3-10(15-12)17-16-9/h2-3,5,7H,4,6,12H2,1H3,(H,13,19)(H,15,17). The lowest BCUT2D eigenvalue weighted by molar-refractivity contribution is 0.0948. The molecule has 0 aromatic carbocycles. The van der Waals surface area contributed by atoms with Crippen LogP contribution in [0.25, 0.3) is 0 Å². The van der Waals surface area contributed by atoms with Crippen LogP contribution in [0, 0.1) is 0 Å². The van der Waals surface area contributed by atoms with Gasteiger partial charge in [-0.25, -0.2) is 5.84 Å². The van der Waals surface area contributed by atoms with Gasteiger partial charge < -0.3 is 10.7 Å². The zero-order chi connectivity index (χ0) is 13.7. The quantitative estimate of drug-likeness (QED) is 0.493. The van der Waals surface area contributed by atoms with Gasteiger partial charge in [-0.05, 0) is 18.2 Å². The molecule has 8 heteroatoms. The number of nitrogens with zero attached hydrogens (tertiary/aromatic N) is 4. The van der Waals surface area contributed by atoms with Crippen molar-refractivity contribution in [2.45, 2.75) is 6.42 Å². The lowest BCUT2D eigenvalue weighted by Gasteiger charge is -2.05. The first-order chi connectivity index (χ1) is 9.20. The summed E-state index contributed by atoms with van der Waals surface area (Å²) in [5, 5.41) is 14.3. The molecule has 0 spiro atoms. The SMILES string of the molecule is Cn1nccc1CCNC(=O)c1ccc(NN)nn1. The second-order valence-electron chi connectivity index (χ2n) is 3.90. The number of nitrogens with one attached hydrogen (secondary N) is 2. The Kier molecular flexibility index (Phi) is 4.04. The van der Waals surface area contributed by atoms with Gasteiger partial charge >= 0.3 is 0 Å². The third kappa shape index (κ3) is 3.26. The zero-order valence-electron chi connectivity index (χ0n) is 10.5. The molecule has 0 unspecified atom stereocenters. The Hall–Kier alpha value is -2.48. The summed E-state index contributed by atoms with van der Waals surface area (Å²) in [6.45, 7) is 0.511. The highest BCUT2D eigenvalue weighted by Gasteiger charge is 2.07. The zero-order valence-corrected chi connectivity index (χ0v) is 10.5. The summed E-state index contributed by atoms with van der Waals surface area (Å²) in [4.78, 5) is 11.8. The molecule has 8 nitrogen and oxygen atoms in total. The number of amides is 1. The molecular weight excluding hydrogens is 246 g/mol. The number of carbonyl (C=O) groups excluding carboxylic acids is 1. The van der Waals surface area contributed by atoms with E-state index in [1.54, 1.807) is 23.0 Å². The smallest absolute Gasteiger partial charge is 0.271 e. The number of aromatic nitrogens is 4. The van der Waals surface area contributed by atoms with E-state index in [4.69, 9.17) is 5.84 Å². The maximum Gasteiger partial charge on any atom is 0.271 e. The Labute approximate surface area is 110 Å². The van der Waals surface area contributed by atoms with E-state index in [0.717, 1.165) is 5.69 Å². The Balaban J connectivity index is 1.85. The first-order valence-corrected chi connectivity index (χ1v) is 5.76. The number of rotatable bonds is 5. The Morgan fingerprint density at radius 3 is 2.79 bits per heavy atom. The summed E-state index contributed by atoms with van der Waals surface area (Å²) in [7, 11) is 1.86. The van der Waals surface area contributed by atoms with Crippen molar-refractivity contribution < 1.29 is 4.79 Å². The fraction of sp³-hybridized carbons (Fsp3) is 0.273. The van der Waals surface area contributed by atoms with Gasteiger partial charge in [-0.15, -0.1) is 10.2 Å². The minimum absolute atomic E-state index is 0.254. The molecule has 2 aromatic heterocycles. The third-order valence-corrected chi connectivity index (χ3v) is 2.63. The molecule has 19 heavy (non-hydrogen) atoms. The second kappa shape index (κ2) is 5.91. The van der Waals surface area contributed by atoms with Crippen LogP contribution in [0.3, 0.4) is 0 Å². The van der Waals surface area contributed by atoms with Gasteiger partial charge in [0.05, 0.1) is 0 Å². The van der Waals surface area contributed by atoms with Crippen molar-refractivity contribution in [3.63, 3.8) is 0 Å². The molecule has 0 bridgehead atoms. The van der Waals surface area contributed by atoms with Crippen molar-refractivity contribution in [3.8, 4) is 0 Å². The first-order valence-electron chi connectivity index (χ1n) is 5.76. The number of anilines is 1. The molecule has 0 fully saturated rings. The largest absolute Gasteiger partial charge is 0.350 e. The van der Waals surface area contributed by atoms with Crippen LogP contribution in [0.2, 0.25) is 0 Å². The Morgan fingerprint density at radius 2 is 2.21 bits per heavy atom. The minimum Gasteiger partial charge on any atom is -0.350 e. The van der Waals surface area contributed by atoms with Crippen LogP contribution in [0.15, 0.2) is 24.4 Å². The van der Waals surface area contributed by atoms with E-state index in [-0.39, 0.29) is 11.6 Å². The van der Waals surface area contributed by atoms with Crippen LogP contribution in [-0.2, 0) is 13.5 Å². The van der Waals surface area contributed by atoms with Crippen LogP contribution < -0.4 is 16.6 Å². The fourth-order valence-electron chi connectivity index (χ4n) is 1.57. The van der Waals surface area contributed by atoms with Gasteiger partial charge in [-0.1, -0.05) is 0 Å². The summed E-state index contributed by atoms with van der Waals surface area (Å²) in [5.74, 6) is 5.31. The molecule has 2 rings (SSSR count). The molecule has 2 aromatic rings. The van der Waals surface area contributed by atoms with Crippen molar-refractivity contribution in [1.82, 2.24) is 25.3 Å². The first kappa shape index (κ1) is 13.0. The highest BCUT2D eigenvalue weighted by Crippen LogP contribution is 2.00. The van der Waals surface area contributed by atoms with Gasteiger partial charge in [0.1, 0.15) is 0 Å². The van der Waals surface area contributed by atoms with E-state index >= 15 is 0 Å². The topological polar surface area (TPSA) is 111 Å². The van der Waals surface area contributed by atoms with E-state index in [9.17, 15) is 4.79 Å². The maximum absolute atomic E-state index is 11.8. The molecular formula is C11H15N7O. The van der Waals surface area contributed by atoms with E-state index in [2.05, 4.69) is 26.0 Å². The third-order valence-electron chi connectivity index (χ3n) is 2.63. The minimum atomic E-state index is -0.266. The summed E-state index contributed by atoms with van der Waals surface area (Å²) in [6.07, 6.45) is 2.43. The van der Waals surface area contributed by atoms with Gasteiger partial charge in [0.15, 0.2) is 11.5 Å². The summed E-state index contributed by atoms with van der Waals surface area (Å²) >= 11 is 0. The molecule has 100 valence electrons. The molecule has 0 atom stereocenters. The predicted octanol–water partition coefficient (Wildman–Crippen LogP) is -0.532. The van der Waals surface area contributed by atoms with E-state index in [0.29, 0.717) is 18.8 Å². The number of hydrogen-bond acceptors (Lipinski definition) is 6. The van der Waals surface area contributed by atoms with Crippen LogP contribution in [0.5, 0.6) is 0 Å². The van der Waals surface area contributed by atoms with Crippen LogP contribution in [-0.4, -0.2) is 32.4 Å². The molecule has 0 aliphatic heterocycles. The normalized spacial score (nSPS) is 10.2. The van der Waals surface area contributed by atoms with Crippen molar-refractivity contribution in [1.29, 1.82) is 0 Å². The molecule has 2 heterocycles. The molecule has 0 aliphatic rings. The average Bonchev–Trinajstić information content (AvgIpc) is 2.84. The summed E-state index contributed by atoms with van der Waals surface area (Å²) in [6, 6.07) is 5.05. The lowest BCUT2D eigenvalue weighted by Crippen LogP contribution is -2.27. The summed E-state index contributed by atoms with van der Waals surface area (Å²) < 4.78 is 1.77. The second-order valence-corrected chi connectivity index (χ2v) is 3.90. The lowest BCUT2D eigenvalue weighted by atomic mass is 10.3. The highest BCUT2D eigenvalue weighted by molar-refractivity contribution is 5.92. The maximum atomic E-state index is 11.8. The van der Waals surface area contributed by atoms with Gasteiger partial charge in [-0.2, -0.15) is 5.10 Å². The van der Waals surface area contributed by atoms with Gasteiger partial charge in [0.25, 0.3) is 5.91 Å². The van der Waals surface area contributed by atoms with Crippen molar-refractivity contribution in [2.75, 3.05) is 12.0 Å². The summed E-state index contributed by atoms with van der Waals surface area (Å²) in [5.41, 5.74) is 3.65. The number of nitrogens with two attached hydrogens (primary N) is 1. The van der Waals surface area contributed by atoms with Crippen LogP contribution in [0.1, 0.15) is 16.2 Å². The molecule has 0 saturated heterocycles. The average molecular weight is 261 g/mol. The highest BCUT2D eigenvalue weighted by atomic mass is 16.1. The number of nitrogen functional groups attached to an aromatic ring is 1. The van der Waals surface area contributed by atoms with E-state index in [1.807, 2.05) is 13.1 Å². The number of carbonyl (C=O) groups is 1. The molecule has 4 N–H and O–H groups in total. The van der Waals surface area contributed by atoms with Crippen LogP contribution in [0.4, 0.5) is 5.82 Å². The molecule has 1 amide bonds. The van der Waals surface area contributed by atoms with Gasteiger partial charge in [0, 0.05) is 31.9 Å². The van der Waals surface area contributed by atoms with Crippen molar-refractivity contribution in [3.05, 3.63) is 35.8 Å². The predicted molar refractivity (Wildman–Crippen MR) is 69.1 cm³/mol.